The van der Waals surface area contributed by atoms with Crippen LogP contribution in [0.4, 0.5) is 10.1 Å². The average molecular weight is 355 g/mol. The molecule has 0 radical (unpaired) electrons. The molecule has 1 aliphatic heterocycles. The minimum absolute atomic E-state index is 0.164. The Morgan fingerprint density at radius 1 is 1.08 bits per heavy atom. The largest absolute Gasteiger partial charge is 0.322 e. The molecule has 0 spiro atoms. The number of hydrogen-bond acceptors (Lipinski definition) is 3. The predicted octanol–water partition coefficient (Wildman–Crippen LogP) is 3.28. The highest BCUT2D eigenvalue weighted by molar-refractivity contribution is 5.94. The van der Waals surface area contributed by atoms with E-state index in [9.17, 15) is 9.18 Å². The van der Waals surface area contributed by atoms with Crippen LogP contribution < -0.4 is 5.32 Å². The first-order valence-corrected chi connectivity index (χ1v) is 9.11. The minimum atomic E-state index is -0.406. The van der Waals surface area contributed by atoms with Gasteiger partial charge in [-0.2, -0.15) is 0 Å². The van der Waals surface area contributed by atoms with Crippen LogP contribution in [0.15, 0.2) is 48.5 Å². The van der Waals surface area contributed by atoms with Gasteiger partial charge in [-0.1, -0.05) is 36.4 Å². The van der Waals surface area contributed by atoms with Crippen molar-refractivity contribution < 1.29 is 9.18 Å². The van der Waals surface area contributed by atoms with E-state index in [0.29, 0.717) is 0 Å². The SMILES string of the molecule is Cc1ccccc1CN1CCN([C@@H](C)C(=O)Nc2ccccc2F)CC1. The summed E-state index contributed by atoms with van der Waals surface area (Å²) in [6.45, 7) is 8.47. The molecule has 2 aromatic rings. The summed E-state index contributed by atoms with van der Waals surface area (Å²) in [5.41, 5.74) is 2.90. The van der Waals surface area contributed by atoms with E-state index in [1.807, 2.05) is 6.92 Å². The molecule has 1 heterocycles. The highest BCUT2D eigenvalue weighted by Gasteiger charge is 2.26. The second kappa shape index (κ2) is 8.43. The lowest BCUT2D eigenvalue weighted by atomic mass is 10.1. The number of aryl methyl sites for hydroxylation is 1. The highest BCUT2D eigenvalue weighted by atomic mass is 19.1. The summed E-state index contributed by atoms with van der Waals surface area (Å²) in [6.07, 6.45) is 0. The molecular weight excluding hydrogens is 329 g/mol. The van der Waals surface area contributed by atoms with Gasteiger partial charge in [0, 0.05) is 32.7 Å². The number of para-hydroxylation sites is 1. The molecule has 3 rings (SSSR count). The number of nitrogens with zero attached hydrogens (tertiary/aromatic N) is 2. The Labute approximate surface area is 154 Å². The van der Waals surface area contributed by atoms with Gasteiger partial charge in [0.2, 0.25) is 5.91 Å². The van der Waals surface area contributed by atoms with Gasteiger partial charge in [-0.15, -0.1) is 0 Å². The number of anilines is 1. The van der Waals surface area contributed by atoms with Crippen molar-refractivity contribution in [2.24, 2.45) is 0 Å². The number of amides is 1. The van der Waals surface area contributed by atoms with Crippen LogP contribution in [0.1, 0.15) is 18.1 Å². The Bertz CT molecular complexity index is 756. The molecule has 1 saturated heterocycles. The Hall–Kier alpha value is -2.24. The lowest BCUT2D eigenvalue weighted by Gasteiger charge is -2.37. The molecule has 2 aromatic carbocycles. The number of carbonyl (C=O) groups is 1. The average Bonchev–Trinajstić information content (AvgIpc) is 2.65. The molecule has 1 aliphatic rings. The van der Waals surface area contributed by atoms with Crippen molar-refractivity contribution in [1.82, 2.24) is 9.80 Å². The van der Waals surface area contributed by atoms with E-state index in [1.165, 1.54) is 17.2 Å². The van der Waals surface area contributed by atoms with Gasteiger partial charge in [-0.05, 0) is 37.1 Å². The highest BCUT2D eigenvalue weighted by Crippen LogP contribution is 2.16. The van der Waals surface area contributed by atoms with Crippen molar-refractivity contribution in [3.05, 3.63) is 65.5 Å². The van der Waals surface area contributed by atoms with Crippen LogP contribution in [0, 0.1) is 12.7 Å². The number of piperazine rings is 1. The predicted molar refractivity (Wildman–Crippen MR) is 103 cm³/mol. The normalized spacial score (nSPS) is 17.0. The molecule has 5 heteroatoms. The van der Waals surface area contributed by atoms with Crippen LogP contribution in [0.3, 0.4) is 0 Å². The van der Waals surface area contributed by atoms with Crippen molar-refractivity contribution >= 4 is 11.6 Å². The molecule has 0 bridgehead atoms. The van der Waals surface area contributed by atoms with E-state index in [-0.39, 0.29) is 17.6 Å². The molecule has 0 unspecified atom stereocenters. The summed E-state index contributed by atoms with van der Waals surface area (Å²) >= 11 is 0. The third-order valence-corrected chi connectivity index (χ3v) is 5.12. The van der Waals surface area contributed by atoms with Crippen LogP contribution in [0.5, 0.6) is 0 Å². The molecular formula is C21H26FN3O. The van der Waals surface area contributed by atoms with Crippen LogP contribution >= 0.6 is 0 Å². The zero-order valence-corrected chi connectivity index (χ0v) is 15.4. The second-order valence-corrected chi connectivity index (χ2v) is 6.88. The van der Waals surface area contributed by atoms with E-state index >= 15 is 0 Å². The third kappa shape index (κ3) is 4.48. The van der Waals surface area contributed by atoms with Crippen molar-refractivity contribution in [3.63, 3.8) is 0 Å². The smallest absolute Gasteiger partial charge is 0.241 e. The van der Waals surface area contributed by atoms with Gasteiger partial charge in [0.1, 0.15) is 5.82 Å². The zero-order chi connectivity index (χ0) is 18.5. The molecule has 0 saturated carbocycles. The second-order valence-electron chi connectivity index (χ2n) is 6.88. The summed E-state index contributed by atoms with van der Waals surface area (Å²) < 4.78 is 13.7. The number of nitrogens with one attached hydrogen (secondary N) is 1. The minimum Gasteiger partial charge on any atom is -0.322 e. The molecule has 0 aliphatic carbocycles. The first kappa shape index (κ1) is 18.5. The van der Waals surface area contributed by atoms with Gasteiger partial charge in [-0.25, -0.2) is 4.39 Å². The Morgan fingerprint density at radius 2 is 1.73 bits per heavy atom. The maximum absolute atomic E-state index is 13.7. The number of halogens is 1. The molecule has 1 atom stereocenters. The van der Waals surface area contributed by atoms with E-state index in [0.717, 1.165) is 32.7 Å². The molecule has 26 heavy (non-hydrogen) atoms. The van der Waals surface area contributed by atoms with E-state index in [4.69, 9.17) is 0 Å². The maximum atomic E-state index is 13.7. The van der Waals surface area contributed by atoms with Crippen LogP contribution in [-0.2, 0) is 11.3 Å². The van der Waals surface area contributed by atoms with Crippen LogP contribution in [0.25, 0.3) is 0 Å². The van der Waals surface area contributed by atoms with E-state index in [1.54, 1.807) is 18.2 Å². The van der Waals surface area contributed by atoms with Crippen molar-refractivity contribution in [2.45, 2.75) is 26.4 Å². The van der Waals surface area contributed by atoms with E-state index in [2.05, 4.69) is 46.3 Å². The lowest BCUT2D eigenvalue weighted by molar-refractivity contribution is -0.121. The summed E-state index contributed by atoms with van der Waals surface area (Å²) in [5.74, 6) is -0.571. The van der Waals surface area contributed by atoms with Gasteiger partial charge in [-0.3, -0.25) is 14.6 Å². The summed E-state index contributed by atoms with van der Waals surface area (Å²) in [5, 5.41) is 2.70. The van der Waals surface area contributed by atoms with Crippen molar-refractivity contribution in [1.29, 1.82) is 0 Å². The summed E-state index contributed by atoms with van der Waals surface area (Å²) in [7, 11) is 0. The number of carbonyl (C=O) groups excluding carboxylic acids is 1. The van der Waals surface area contributed by atoms with Gasteiger partial charge < -0.3 is 5.32 Å². The van der Waals surface area contributed by atoms with Gasteiger partial charge in [0.25, 0.3) is 0 Å². The molecule has 138 valence electrons. The quantitative estimate of drug-likeness (QED) is 0.894. The Balaban J connectivity index is 1.52. The monoisotopic (exact) mass is 355 g/mol. The fraction of sp³-hybridized carbons (Fsp3) is 0.381. The maximum Gasteiger partial charge on any atom is 0.241 e. The lowest BCUT2D eigenvalue weighted by Crippen LogP contribution is -2.52. The molecule has 1 N–H and O–H groups in total. The van der Waals surface area contributed by atoms with Crippen molar-refractivity contribution in [3.8, 4) is 0 Å². The third-order valence-electron chi connectivity index (χ3n) is 5.12. The number of benzene rings is 2. The van der Waals surface area contributed by atoms with Gasteiger partial charge >= 0.3 is 0 Å². The first-order valence-electron chi connectivity index (χ1n) is 9.11. The zero-order valence-electron chi connectivity index (χ0n) is 15.4. The summed E-state index contributed by atoms with van der Waals surface area (Å²) in [6, 6.07) is 14.4. The molecule has 1 fully saturated rings. The van der Waals surface area contributed by atoms with Crippen LogP contribution in [0.2, 0.25) is 0 Å². The number of rotatable bonds is 5. The molecule has 0 aromatic heterocycles. The van der Waals surface area contributed by atoms with Gasteiger partial charge in [0.05, 0.1) is 11.7 Å². The van der Waals surface area contributed by atoms with Crippen LogP contribution in [-0.4, -0.2) is 47.9 Å². The summed E-state index contributed by atoms with van der Waals surface area (Å²) in [4.78, 5) is 17.0. The molecule has 1 amide bonds. The fourth-order valence-electron chi connectivity index (χ4n) is 3.30. The number of hydrogen-bond donors (Lipinski definition) is 1. The van der Waals surface area contributed by atoms with E-state index < -0.39 is 5.82 Å². The topological polar surface area (TPSA) is 35.6 Å². The standard InChI is InChI=1S/C21H26FN3O/c1-16-7-3-4-8-18(16)15-24-11-13-25(14-12-24)17(2)21(26)23-20-10-6-5-9-19(20)22/h3-10,17H,11-15H2,1-2H3,(H,23,26)/t17-/m0/s1. The Kier molecular flexibility index (Phi) is 6.01. The van der Waals surface area contributed by atoms with Gasteiger partial charge in [0.15, 0.2) is 0 Å². The Morgan fingerprint density at radius 3 is 2.42 bits per heavy atom. The fourth-order valence-corrected chi connectivity index (χ4v) is 3.30. The van der Waals surface area contributed by atoms with Crippen molar-refractivity contribution in [2.75, 3.05) is 31.5 Å². The first-order chi connectivity index (χ1) is 12.5. The molecule has 4 nitrogen and oxygen atoms in total.